The molecule has 70 valence electrons. The molecular weight excluding hydrogens is 170 g/mol. The zero-order chi connectivity index (χ0) is 8.91. The van der Waals surface area contributed by atoms with Crippen molar-refractivity contribution in [1.29, 1.82) is 0 Å². The number of likely N-dealkylation sites (N-methyl/N-ethyl adjacent to an activating group) is 1. The van der Waals surface area contributed by atoms with Crippen molar-refractivity contribution in [2.45, 2.75) is 0 Å². The standard InChI is InChI=1S/C5H15NO4S/c1-6(2)4-5-10-11(7,8)9-3/h7-8H,4-5H2,1-3H3/p+1. The van der Waals surface area contributed by atoms with Gasteiger partial charge in [0.1, 0.15) is 13.2 Å². The molecule has 0 fully saturated rings. The predicted molar refractivity (Wildman–Crippen MR) is 43.5 cm³/mol. The molecule has 11 heavy (non-hydrogen) atoms. The minimum Gasteiger partial charge on any atom is -0.338 e. The number of rotatable bonds is 5. The highest BCUT2D eigenvalue weighted by molar-refractivity contribution is 8.15. The minimum atomic E-state index is -3.23. The molecule has 0 atom stereocenters. The van der Waals surface area contributed by atoms with Gasteiger partial charge in [0, 0.05) is 0 Å². The van der Waals surface area contributed by atoms with E-state index >= 15 is 0 Å². The van der Waals surface area contributed by atoms with Gasteiger partial charge in [-0.2, -0.15) is 0 Å². The Balaban J connectivity index is 3.38. The second-order valence-electron chi connectivity index (χ2n) is 2.39. The SMILES string of the molecule is COS(O)(O)OCC[NH+](C)C. The van der Waals surface area contributed by atoms with Crippen molar-refractivity contribution in [3.63, 3.8) is 0 Å². The van der Waals surface area contributed by atoms with Crippen LogP contribution in [0.25, 0.3) is 0 Å². The lowest BCUT2D eigenvalue weighted by molar-refractivity contribution is -0.858. The van der Waals surface area contributed by atoms with E-state index in [-0.39, 0.29) is 6.61 Å². The van der Waals surface area contributed by atoms with Crippen LogP contribution in [-0.2, 0) is 8.37 Å². The van der Waals surface area contributed by atoms with Crippen molar-refractivity contribution in [2.75, 3.05) is 34.4 Å². The molecule has 0 unspecified atom stereocenters. The molecule has 0 radical (unpaired) electrons. The quantitative estimate of drug-likeness (QED) is 0.535. The topological polar surface area (TPSA) is 63.4 Å². The Kier molecular flexibility index (Phi) is 4.98. The molecule has 0 aromatic carbocycles. The molecule has 0 rings (SSSR count). The van der Waals surface area contributed by atoms with Gasteiger partial charge < -0.3 is 4.90 Å². The molecule has 6 heteroatoms. The third kappa shape index (κ3) is 6.54. The van der Waals surface area contributed by atoms with Gasteiger partial charge in [0.05, 0.1) is 21.2 Å². The largest absolute Gasteiger partial charge is 0.338 e. The Labute approximate surface area is 68.7 Å². The number of hydrogen-bond acceptors (Lipinski definition) is 4. The summed E-state index contributed by atoms with van der Waals surface area (Å²) in [6.07, 6.45) is 0. The van der Waals surface area contributed by atoms with E-state index in [1.807, 2.05) is 14.1 Å². The monoisotopic (exact) mass is 186 g/mol. The van der Waals surface area contributed by atoms with Crippen molar-refractivity contribution in [1.82, 2.24) is 0 Å². The van der Waals surface area contributed by atoms with Gasteiger partial charge in [0.15, 0.2) is 0 Å². The van der Waals surface area contributed by atoms with E-state index < -0.39 is 11.2 Å². The van der Waals surface area contributed by atoms with Gasteiger partial charge in [-0.25, -0.2) is 0 Å². The number of nitrogens with one attached hydrogen (secondary N) is 1. The highest BCUT2D eigenvalue weighted by Gasteiger charge is 2.16. The van der Waals surface area contributed by atoms with Crippen LogP contribution in [0.2, 0.25) is 0 Å². The number of quaternary nitrogens is 1. The molecule has 0 saturated carbocycles. The molecule has 0 spiro atoms. The van der Waals surface area contributed by atoms with Crippen molar-refractivity contribution < 1.29 is 22.4 Å². The maximum Gasteiger partial charge on any atom is 0.219 e. The maximum absolute atomic E-state index is 8.82. The zero-order valence-electron chi connectivity index (χ0n) is 7.03. The Bertz CT molecular complexity index is 109. The Morgan fingerprint density at radius 2 is 1.91 bits per heavy atom. The van der Waals surface area contributed by atoms with Crippen LogP contribution in [-0.4, -0.2) is 43.5 Å². The highest BCUT2D eigenvalue weighted by Crippen LogP contribution is 2.39. The van der Waals surface area contributed by atoms with E-state index in [1.165, 1.54) is 12.0 Å². The summed E-state index contributed by atoms with van der Waals surface area (Å²) < 4.78 is 26.6. The first-order valence-electron chi connectivity index (χ1n) is 3.25. The molecule has 0 bridgehead atoms. The van der Waals surface area contributed by atoms with Gasteiger partial charge in [0.25, 0.3) is 0 Å². The molecule has 0 amide bonds. The van der Waals surface area contributed by atoms with Crippen LogP contribution in [0.5, 0.6) is 0 Å². The summed E-state index contributed by atoms with van der Waals surface area (Å²) in [6, 6.07) is 0. The van der Waals surface area contributed by atoms with Crippen LogP contribution in [0.15, 0.2) is 0 Å². The Morgan fingerprint density at radius 1 is 1.36 bits per heavy atom. The second kappa shape index (κ2) is 4.91. The first kappa shape index (κ1) is 11.2. The van der Waals surface area contributed by atoms with Crippen molar-refractivity contribution in [3.8, 4) is 0 Å². The van der Waals surface area contributed by atoms with E-state index in [2.05, 4.69) is 8.37 Å². The van der Waals surface area contributed by atoms with Crippen LogP contribution < -0.4 is 4.90 Å². The van der Waals surface area contributed by atoms with Crippen LogP contribution in [0.3, 0.4) is 0 Å². The summed E-state index contributed by atoms with van der Waals surface area (Å²) in [5.74, 6) is 0. The highest BCUT2D eigenvalue weighted by atomic mass is 32.3. The first-order valence-corrected chi connectivity index (χ1v) is 4.65. The van der Waals surface area contributed by atoms with Crippen LogP contribution in [0, 0.1) is 0 Å². The van der Waals surface area contributed by atoms with Gasteiger partial charge in [0.2, 0.25) is 11.2 Å². The van der Waals surface area contributed by atoms with Crippen LogP contribution in [0.1, 0.15) is 0 Å². The van der Waals surface area contributed by atoms with E-state index in [0.717, 1.165) is 0 Å². The fraction of sp³-hybridized carbons (Fsp3) is 1.00. The van der Waals surface area contributed by atoms with Gasteiger partial charge in [-0.05, 0) is 0 Å². The maximum atomic E-state index is 8.82. The van der Waals surface area contributed by atoms with Gasteiger partial charge in [-0.1, -0.05) is 0 Å². The molecular formula is C5H16NO4S+. The first-order chi connectivity index (χ1) is 4.98. The van der Waals surface area contributed by atoms with E-state index in [4.69, 9.17) is 9.11 Å². The lowest BCUT2D eigenvalue weighted by Crippen LogP contribution is -3.06. The molecule has 3 N–H and O–H groups in total. The van der Waals surface area contributed by atoms with Crippen molar-refractivity contribution >= 4 is 11.2 Å². The molecule has 0 aromatic rings. The zero-order valence-corrected chi connectivity index (χ0v) is 7.85. The molecule has 0 heterocycles. The third-order valence-electron chi connectivity index (χ3n) is 1.06. The molecule has 0 aliphatic rings. The minimum absolute atomic E-state index is 0.276. The van der Waals surface area contributed by atoms with E-state index in [9.17, 15) is 0 Å². The van der Waals surface area contributed by atoms with Gasteiger partial charge in [-0.15, -0.1) is 0 Å². The average molecular weight is 186 g/mol. The Hall–Kier alpha value is 0.150. The van der Waals surface area contributed by atoms with Gasteiger partial charge in [-0.3, -0.25) is 17.5 Å². The fourth-order valence-electron chi connectivity index (χ4n) is 0.402. The molecule has 5 nitrogen and oxygen atoms in total. The summed E-state index contributed by atoms with van der Waals surface area (Å²) in [6.45, 7) is 0.984. The smallest absolute Gasteiger partial charge is 0.219 e. The summed E-state index contributed by atoms with van der Waals surface area (Å²) >= 11 is -3.23. The van der Waals surface area contributed by atoms with E-state index in [1.54, 1.807) is 0 Å². The summed E-state index contributed by atoms with van der Waals surface area (Å²) in [5.41, 5.74) is 0. The average Bonchev–Trinajstić information content (AvgIpc) is 1.87. The predicted octanol–water partition coefficient (Wildman–Crippen LogP) is -0.625. The van der Waals surface area contributed by atoms with Crippen molar-refractivity contribution in [2.24, 2.45) is 0 Å². The molecule has 0 aromatic heterocycles. The lowest BCUT2D eigenvalue weighted by Gasteiger charge is -2.22. The summed E-state index contributed by atoms with van der Waals surface area (Å²) in [7, 11) is 5.09. The fourth-order valence-corrected chi connectivity index (χ4v) is 0.799. The van der Waals surface area contributed by atoms with Gasteiger partial charge >= 0.3 is 0 Å². The van der Waals surface area contributed by atoms with Crippen molar-refractivity contribution in [3.05, 3.63) is 0 Å². The molecule has 0 aliphatic heterocycles. The molecule has 0 saturated heterocycles. The Morgan fingerprint density at radius 3 is 2.27 bits per heavy atom. The van der Waals surface area contributed by atoms with Crippen LogP contribution >= 0.6 is 11.2 Å². The van der Waals surface area contributed by atoms with Crippen LogP contribution in [0.4, 0.5) is 0 Å². The molecule has 0 aliphatic carbocycles. The second-order valence-corrected chi connectivity index (χ2v) is 3.86. The third-order valence-corrected chi connectivity index (χ3v) is 1.96. The lowest BCUT2D eigenvalue weighted by atomic mass is 10.6. The summed E-state index contributed by atoms with van der Waals surface area (Å²) in [5, 5.41) is 0. The number of hydrogen-bond donors (Lipinski definition) is 3. The van der Waals surface area contributed by atoms with E-state index in [0.29, 0.717) is 6.54 Å². The summed E-state index contributed by atoms with van der Waals surface area (Å²) in [4.78, 5) is 1.18. The normalized spacial score (nSPS) is 14.0.